The number of aryl methyl sites for hydroxylation is 2. The van der Waals surface area contributed by atoms with Gasteiger partial charge in [0.15, 0.2) is 11.4 Å². The Bertz CT molecular complexity index is 2200. The van der Waals surface area contributed by atoms with Crippen molar-refractivity contribution in [2.75, 3.05) is 33.4 Å². The van der Waals surface area contributed by atoms with Gasteiger partial charge in [0.2, 0.25) is 5.91 Å². The van der Waals surface area contributed by atoms with Crippen LogP contribution in [0.1, 0.15) is 48.2 Å². The number of nitrogens with one attached hydrogen (secondary N) is 1. The second kappa shape index (κ2) is 14.3. The zero-order valence-electron chi connectivity index (χ0n) is 29.2. The molecule has 3 amide bonds. The van der Waals surface area contributed by atoms with Gasteiger partial charge in [-0.2, -0.15) is 0 Å². The normalized spacial score (nSPS) is 19.1. The molecular formula is C32H37BF2N5O11S2-. The van der Waals surface area contributed by atoms with Gasteiger partial charge in [-0.1, -0.05) is 18.2 Å². The molecule has 16 nitrogen and oxygen atoms in total. The summed E-state index contributed by atoms with van der Waals surface area (Å²) in [6.45, 7) is -2.09. The molecule has 286 valence electrons. The van der Waals surface area contributed by atoms with Crippen molar-refractivity contribution in [3.05, 3.63) is 76.3 Å². The molecule has 1 aromatic heterocycles. The van der Waals surface area contributed by atoms with E-state index in [4.69, 9.17) is 0 Å². The summed E-state index contributed by atoms with van der Waals surface area (Å²) in [5.74, 6) is -7.66. The number of rotatable bonds is 14. The molecule has 2 atom stereocenters. The standard InChI is InChI=1S/C32H38BF2N5O11S2/c1-20-15-23(12-13-29(41)36-24(19-52(45,46)47)32(44)51-39-30(42)18-28(31(39)43)53(48,49)50)37-25(20)17-27-22(11-8-14-40(2,3)4)16-26(38(27)33(37,34)35)21-9-6-5-7-10-21/h5-7,9-10,15-17,24,28H,8,11-14,18-19H2,1-4H3,(H2-,36,41,45,46,47,48,49,50)/p-1. The van der Waals surface area contributed by atoms with Crippen molar-refractivity contribution in [2.24, 2.45) is 0 Å². The quantitative estimate of drug-likeness (QED) is 0.120. The maximum atomic E-state index is 16.9. The van der Waals surface area contributed by atoms with Gasteiger partial charge in [-0.3, -0.25) is 14.4 Å². The fraction of sp³-hybridized carbons (Fsp3) is 0.406. The molecule has 3 aliphatic rings. The average Bonchev–Trinajstić information content (AvgIpc) is 3.67. The Hall–Kier alpha value is -4.57. The van der Waals surface area contributed by atoms with E-state index in [1.54, 1.807) is 49.4 Å². The highest BCUT2D eigenvalue weighted by molar-refractivity contribution is 7.87. The third-order valence-corrected chi connectivity index (χ3v) is 10.8. The number of carbonyl (C=O) groups is 4. The number of imide groups is 1. The molecule has 1 fully saturated rings. The first-order valence-electron chi connectivity index (χ1n) is 16.4. The number of benzene rings is 1. The summed E-state index contributed by atoms with van der Waals surface area (Å²) in [6.07, 6.45) is 2.65. The Morgan fingerprint density at radius 2 is 1.74 bits per heavy atom. The number of allylic oxidation sites excluding steroid dienone is 2. The van der Waals surface area contributed by atoms with Crippen LogP contribution in [0.3, 0.4) is 0 Å². The first-order valence-corrected chi connectivity index (χ1v) is 19.5. The van der Waals surface area contributed by atoms with Crippen molar-refractivity contribution in [1.82, 2.24) is 14.9 Å². The van der Waals surface area contributed by atoms with Crippen LogP contribution >= 0.6 is 0 Å². The summed E-state index contributed by atoms with van der Waals surface area (Å²) in [4.78, 5) is 54.7. The summed E-state index contributed by atoms with van der Waals surface area (Å²) >= 11 is 0. The topological polar surface area (TPSA) is 215 Å². The first-order chi connectivity index (χ1) is 24.5. The molecule has 53 heavy (non-hydrogen) atoms. The van der Waals surface area contributed by atoms with Gasteiger partial charge in [0.25, 0.3) is 11.8 Å². The van der Waals surface area contributed by atoms with Crippen LogP contribution in [-0.4, -0.2) is 126 Å². The lowest BCUT2D eigenvalue weighted by Crippen LogP contribution is -2.51. The SMILES string of the molecule is Cc1cc(CCC(=O)NC(CS(=O)(=O)[O-])C(=O)ON2C(=O)CC(S(=O)(=O)[O-])C2=O)n2c1C=C1C(CCC[N+](C)(C)C)=CC(c3ccccc3)=[N+]1[B-]2(F)F. The summed E-state index contributed by atoms with van der Waals surface area (Å²) in [5, 5.41) is -0.814. The van der Waals surface area contributed by atoms with E-state index in [0.29, 0.717) is 33.4 Å². The number of amides is 3. The van der Waals surface area contributed by atoms with Crippen LogP contribution < -0.4 is 5.32 Å². The Morgan fingerprint density at radius 3 is 2.32 bits per heavy atom. The van der Waals surface area contributed by atoms with Crippen LogP contribution in [-0.2, 0) is 50.7 Å². The van der Waals surface area contributed by atoms with Crippen LogP contribution in [0.2, 0.25) is 0 Å². The van der Waals surface area contributed by atoms with Gasteiger partial charge in [0.05, 0.1) is 50.0 Å². The molecule has 3 aliphatic heterocycles. The number of hydrogen-bond acceptors (Lipinski definition) is 11. The van der Waals surface area contributed by atoms with Gasteiger partial charge in [0, 0.05) is 41.8 Å². The van der Waals surface area contributed by atoms with Crippen molar-refractivity contribution in [2.45, 2.75) is 50.3 Å². The summed E-state index contributed by atoms with van der Waals surface area (Å²) < 4.78 is 105. The van der Waals surface area contributed by atoms with Gasteiger partial charge in [-0.15, -0.1) is 5.06 Å². The Kier molecular flexibility index (Phi) is 10.7. The van der Waals surface area contributed by atoms with Crippen molar-refractivity contribution >= 4 is 62.7 Å². The number of hydrogen-bond donors (Lipinski definition) is 1. The van der Waals surface area contributed by atoms with E-state index < -0.39 is 80.8 Å². The average molecular weight is 781 g/mol. The second-order valence-electron chi connectivity index (χ2n) is 14.1. The second-order valence-corrected chi connectivity index (χ2v) is 17.1. The largest absolute Gasteiger partial charge is 0.748 e. The zero-order valence-corrected chi connectivity index (χ0v) is 30.8. The molecule has 21 heteroatoms. The van der Waals surface area contributed by atoms with E-state index in [2.05, 4.69) is 4.84 Å². The minimum atomic E-state index is -5.34. The first kappa shape index (κ1) is 39.6. The molecule has 2 unspecified atom stereocenters. The minimum absolute atomic E-state index is 0.0348. The van der Waals surface area contributed by atoms with Crippen LogP contribution in [0, 0.1) is 6.92 Å². The number of carbonyl (C=O) groups excluding carboxylic acids is 4. The molecule has 1 aromatic carbocycles. The molecule has 5 rings (SSSR count). The van der Waals surface area contributed by atoms with E-state index in [1.807, 2.05) is 26.5 Å². The molecule has 1 N–H and O–H groups in total. The van der Waals surface area contributed by atoms with Crippen molar-refractivity contribution in [3.63, 3.8) is 0 Å². The van der Waals surface area contributed by atoms with Crippen LogP contribution in [0.5, 0.6) is 0 Å². The zero-order chi connectivity index (χ0) is 39.3. The lowest BCUT2D eigenvalue weighted by Gasteiger charge is -2.32. The summed E-state index contributed by atoms with van der Waals surface area (Å²) in [7, 11) is -4.47. The van der Waals surface area contributed by atoms with E-state index in [9.17, 15) is 45.1 Å². The third-order valence-electron chi connectivity index (χ3n) is 8.95. The summed E-state index contributed by atoms with van der Waals surface area (Å²) in [6, 6.07) is 7.91. The van der Waals surface area contributed by atoms with Crippen LogP contribution in [0.4, 0.5) is 8.63 Å². The number of halogens is 2. The number of fused-ring (bicyclic) bond motifs is 2. The number of quaternary nitrogens is 1. The van der Waals surface area contributed by atoms with Gasteiger partial charge < -0.3 is 41.3 Å². The smallest absolute Gasteiger partial charge is 0.737 e. The van der Waals surface area contributed by atoms with Gasteiger partial charge >= 0.3 is 12.9 Å². The molecule has 1 saturated heterocycles. The summed E-state index contributed by atoms with van der Waals surface area (Å²) in [5.41, 5.74) is 2.74. The molecule has 2 aromatic rings. The van der Waals surface area contributed by atoms with E-state index in [-0.39, 0.29) is 22.9 Å². The lowest BCUT2D eigenvalue weighted by molar-refractivity contribution is -0.870. The highest BCUT2D eigenvalue weighted by atomic mass is 32.2. The monoisotopic (exact) mass is 780 g/mol. The lowest BCUT2D eigenvalue weighted by atomic mass is 9.88. The Balaban J connectivity index is 1.39. The van der Waals surface area contributed by atoms with Crippen molar-refractivity contribution < 1.29 is 67.6 Å². The molecular weight excluding hydrogens is 743 g/mol. The fourth-order valence-electron chi connectivity index (χ4n) is 6.53. The fourth-order valence-corrected chi connectivity index (χ4v) is 7.85. The minimum Gasteiger partial charge on any atom is -0.748 e. The van der Waals surface area contributed by atoms with E-state index >= 15 is 8.63 Å². The third kappa shape index (κ3) is 8.64. The van der Waals surface area contributed by atoms with Gasteiger partial charge in [-0.25, -0.2) is 21.6 Å². The Labute approximate surface area is 304 Å². The van der Waals surface area contributed by atoms with Crippen molar-refractivity contribution in [3.8, 4) is 0 Å². The predicted molar refractivity (Wildman–Crippen MR) is 182 cm³/mol. The maximum Gasteiger partial charge on any atom is 0.737 e. The highest BCUT2D eigenvalue weighted by Crippen LogP contribution is 2.39. The van der Waals surface area contributed by atoms with E-state index in [1.165, 1.54) is 6.07 Å². The highest BCUT2D eigenvalue weighted by Gasteiger charge is 2.54. The number of aromatic nitrogens is 1. The molecule has 4 heterocycles. The molecule has 0 spiro atoms. The van der Waals surface area contributed by atoms with Crippen molar-refractivity contribution in [1.29, 1.82) is 0 Å². The molecule has 0 aliphatic carbocycles. The maximum absolute atomic E-state index is 16.9. The van der Waals surface area contributed by atoms with Gasteiger partial charge in [0.1, 0.15) is 21.4 Å². The molecule has 0 saturated carbocycles. The van der Waals surface area contributed by atoms with Crippen LogP contribution in [0.15, 0.2) is 53.7 Å². The molecule has 0 bridgehead atoms. The number of nitrogens with zero attached hydrogens (tertiary/aromatic N) is 4. The molecule has 0 radical (unpaired) electrons. The number of hydroxylamine groups is 2. The Morgan fingerprint density at radius 1 is 1.08 bits per heavy atom. The van der Waals surface area contributed by atoms with E-state index in [0.717, 1.165) is 27.5 Å². The van der Waals surface area contributed by atoms with Crippen LogP contribution in [0.25, 0.3) is 6.08 Å². The van der Waals surface area contributed by atoms with Gasteiger partial charge in [-0.05, 0) is 49.2 Å². The predicted octanol–water partition coefficient (Wildman–Crippen LogP) is 0.395.